The second-order valence-corrected chi connectivity index (χ2v) is 2.31. The molecule has 64 valence electrons. The highest BCUT2D eigenvalue weighted by Crippen LogP contribution is 2.10. The van der Waals surface area contributed by atoms with Crippen molar-refractivity contribution in [3.63, 3.8) is 0 Å². The second-order valence-electron chi connectivity index (χ2n) is 2.31. The van der Waals surface area contributed by atoms with Crippen molar-refractivity contribution in [3.8, 4) is 0 Å². The van der Waals surface area contributed by atoms with E-state index >= 15 is 0 Å². The van der Waals surface area contributed by atoms with E-state index in [2.05, 4.69) is 0 Å². The van der Waals surface area contributed by atoms with Crippen molar-refractivity contribution in [2.24, 2.45) is 0 Å². The predicted molar refractivity (Wildman–Crippen MR) is 37.5 cm³/mol. The molecule has 0 atom stereocenters. The molecule has 0 fully saturated rings. The van der Waals surface area contributed by atoms with Crippen molar-refractivity contribution in [1.82, 2.24) is 4.90 Å². The normalized spacial score (nSPS) is 17.8. The summed E-state index contributed by atoms with van der Waals surface area (Å²) in [6.45, 7) is 0. The Morgan fingerprint density at radius 2 is 2.17 bits per heavy atom. The lowest BCUT2D eigenvalue weighted by Crippen LogP contribution is -2.38. The van der Waals surface area contributed by atoms with Crippen molar-refractivity contribution in [1.29, 1.82) is 0 Å². The van der Waals surface area contributed by atoms with Gasteiger partial charge in [0.2, 0.25) is 5.91 Å². The van der Waals surface area contributed by atoms with Crippen LogP contribution in [0.15, 0.2) is 11.8 Å². The van der Waals surface area contributed by atoms with E-state index in [0.29, 0.717) is 0 Å². The molecule has 1 aliphatic rings. The predicted octanol–water partition coefficient (Wildman–Crippen LogP) is -0.464. The largest absolute Gasteiger partial charge is 0.330 e. The number of likely N-dealkylation sites (N-methyl/N-ethyl adjacent to an activating group) is 1. The first kappa shape index (κ1) is 8.38. The van der Waals surface area contributed by atoms with Gasteiger partial charge in [-0.1, -0.05) is 0 Å². The number of imide groups is 1. The molecule has 1 heterocycles. The van der Waals surface area contributed by atoms with E-state index in [0.717, 1.165) is 11.0 Å². The maximum absolute atomic E-state index is 11.0. The van der Waals surface area contributed by atoms with Crippen LogP contribution in [0.3, 0.4) is 0 Å². The minimum atomic E-state index is -0.851. The summed E-state index contributed by atoms with van der Waals surface area (Å²) in [6, 6.07) is 0. The van der Waals surface area contributed by atoms with E-state index < -0.39 is 22.4 Å². The Bertz CT molecular complexity index is 294. The fraction of sp³-hybridized carbons (Fsp3) is 0.333. The van der Waals surface area contributed by atoms with Gasteiger partial charge in [-0.25, -0.2) is 0 Å². The summed E-state index contributed by atoms with van der Waals surface area (Å²) in [4.78, 5) is 31.9. The average Bonchev–Trinajstić information content (AvgIpc) is 2.00. The fourth-order valence-electron chi connectivity index (χ4n) is 0.846. The van der Waals surface area contributed by atoms with E-state index in [1.807, 2.05) is 0 Å². The topological polar surface area (TPSA) is 80.5 Å². The second kappa shape index (κ2) is 2.72. The Kier molecular flexibility index (Phi) is 1.90. The van der Waals surface area contributed by atoms with Gasteiger partial charge in [0.05, 0.1) is 11.3 Å². The summed E-state index contributed by atoms with van der Waals surface area (Å²) in [5.41, 5.74) is -0.530. The summed E-state index contributed by atoms with van der Waals surface area (Å²) >= 11 is 0. The van der Waals surface area contributed by atoms with Crippen molar-refractivity contribution in [2.75, 3.05) is 7.05 Å². The number of rotatable bonds is 1. The highest BCUT2D eigenvalue weighted by atomic mass is 16.6. The van der Waals surface area contributed by atoms with Crippen LogP contribution in [-0.2, 0) is 9.59 Å². The van der Waals surface area contributed by atoms with E-state index in [-0.39, 0.29) is 6.42 Å². The quantitative estimate of drug-likeness (QED) is 0.303. The molecule has 0 unspecified atom stereocenters. The van der Waals surface area contributed by atoms with Crippen LogP contribution >= 0.6 is 0 Å². The van der Waals surface area contributed by atoms with Crippen molar-refractivity contribution in [3.05, 3.63) is 21.9 Å². The van der Waals surface area contributed by atoms with Crippen LogP contribution in [0.1, 0.15) is 6.42 Å². The standard InChI is InChI=1S/C6H6N2O4/c1-7-5(9)3-2-4(6(7)10)8(11)12/h2H,3H2,1H3. The number of carbonyl (C=O) groups is 2. The van der Waals surface area contributed by atoms with Gasteiger partial charge in [-0.15, -0.1) is 0 Å². The van der Waals surface area contributed by atoms with E-state index in [9.17, 15) is 19.7 Å². The Morgan fingerprint density at radius 1 is 1.58 bits per heavy atom. The van der Waals surface area contributed by atoms with E-state index in [1.165, 1.54) is 7.05 Å². The van der Waals surface area contributed by atoms with Gasteiger partial charge in [0, 0.05) is 13.1 Å². The Balaban J connectivity index is 3.00. The Morgan fingerprint density at radius 3 is 2.67 bits per heavy atom. The zero-order valence-corrected chi connectivity index (χ0v) is 6.31. The van der Waals surface area contributed by atoms with Crippen LogP contribution in [0.2, 0.25) is 0 Å². The van der Waals surface area contributed by atoms with Gasteiger partial charge < -0.3 is 0 Å². The molecule has 0 aromatic carbocycles. The smallest absolute Gasteiger partial charge is 0.276 e. The van der Waals surface area contributed by atoms with Gasteiger partial charge >= 0.3 is 11.6 Å². The molecule has 0 saturated carbocycles. The molecule has 2 amide bonds. The van der Waals surface area contributed by atoms with E-state index in [1.54, 1.807) is 0 Å². The fourth-order valence-corrected chi connectivity index (χ4v) is 0.846. The van der Waals surface area contributed by atoms with Crippen molar-refractivity contribution in [2.45, 2.75) is 6.42 Å². The summed E-state index contributed by atoms with van der Waals surface area (Å²) in [7, 11) is 1.22. The molecule has 0 radical (unpaired) electrons. The molecule has 0 aromatic rings. The summed E-state index contributed by atoms with van der Waals surface area (Å²) in [5, 5.41) is 10.2. The summed E-state index contributed by atoms with van der Waals surface area (Å²) < 4.78 is 0. The van der Waals surface area contributed by atoms with E-state index in [4.69, 9.17) is 0 Å². The van der Waals surface area contributed by atoms with Crippen LogP contribution in [-0.4, -0.2) is 28.7 Å². The first-order valence-electron chi connectivity index (χ1n) is 3.19. The van der Waals surface area contributed by atoms with Crippen LogP contribution in [0.4, 0.5) is 0 Å². The van der Waals surface area contributed by atoms with Crippen LogP contribution < -0.4 is 0 Å². The molecule has 12 heavy (non-hydrogen) atoms. The summed E-state index contributed by atoms with van der Waals surface area (Å²) in [6.07, 6.45) is 0.948. The highest BCUT2D eigenvalue weighted by Gasteiger charge is 2.32. The van der Waals surface area contributed by atoms with Crippen molar-refractivity contribution >= 4 is 11.8 Å². The maximum atomic E-state index is 11.0. The third-order valence-electron chi connectivity index (χ3n) is 1.56. The highest BCUT2D eigenvalue weighted by molar-refractivity contribution is 6.05. The van der Waals surface area contributed by atoms with Crippen LogP contribution in [0.25, 0.3) is 0 Å². The Hall–Kier alpha value is -1.72. The van der Waals surface area contributed by atoms with Gasteiger partial charge in [-0.3, -0.25) is 24.6 Å². The molecule has 0 spiro atoms. The monoisotopic (exact) mass is 170 g/mol. The molecule has 0 aliphatic carbocycles. The molecular formula is C6H6N2O4. The molecule has 0 aromatic heterocycles. The first-order chi connectivity index (χ1) is 5.54. The van der Waals surface area contributed by atoms with Gasteiger partial charge in [0.1, 0.15) is 0 Å². The minimum absolute atomic E-state index is 0.0848. The molecule has 6 heteroatoms. The zero-order valence-electron chi connectivity index (χ0n) is 6.31. The molecule has 1 aliphatic heterocycles. The molecule has 0 bridgehead atoms. The molecule has 0 saturated heterocycles. The number of nitro groups is 1. The van der Waals surface area contributed by atoms with Gasteiger partial charge in [0.15, 0.2) is 0 Å². The average molecular weight is 170 g/mol. The third-order valence-corrected chi connectivity index (χ3v) is 1.56. The number of hydrogen-bond acceptors (Lipinski definition) is 4. The molecule has 6 nitrogen and oxygen atoms in total. The lowest BCUT2D eigenvalue weighted by molar-refractivity contribution is -0.420. The zero-order chi connectivity index (χ0) is 9.30. The number of hydrogen-bond donors (Lipinski definition) is 0. The summed E-state index contributed by atoms with van der Waals surface area (Å²) in [5.74, 6) is -1.28. The first-order valence-corrected chi connectivity index (χ1v) is 3.19. The number of amides is 2. The molecule has 0 N–H and O–H groups in total. The number of nitrogens with zero attached hydrogens (tertiary/aromatic N) is 2. The SMILES string of the molecule is CN1C(=O)CC=C([N+](=O)[O-])C1=O. The number of carbonyl (C=O) groups excluding carboxylic acids is 2. The third kappa shape index (κ3) is 1.18. The Labute approximate surface area is 67.6 Å². The molecule has 1 rings (SSSR count). The lowest BCUT2D eigenvalue weighted by Gasteiger charge is -2.15. The minimum Gasteiger partial charge on any atom is -0.276 e. The van der Waals surface area contributed by atoms with Gasteiger partial charge in [0.25, 0.3) is 0 Å². The molecular weight excluding hydrogens is 164 g/mol. The van der Waals surface area contributed by atoms with Gasteiger partial charge in [-0.2, -0.15) is 0 Å². The maximum Gasteiger partial charge on any atom is 0.330 e. The van der Waals surface area contributed by atoms with Gasteiger partial charge in [-0.05, 0) is 0 Å². The van der Waals surface area contributed by atoms with Crippen molar-refractivity contribution < 1.29 is 14.5 Å². The van der Waals surface area contributed by atoms with Crippen LogP contribution in [0.5, 0.6) is 0 Å². The van der Waals surface area contributed by atoms with Crippen LogP contribution in [0, 0.1) is 10.1 Å². The lowest BCUT2D eigenvalue weighted by atomic mass is 10.2.